The molecule has 0 saturated carbocycles. The second kappa shape index (κ2) is 2.27. The second-order valence-electron chi connectivity index (χ2n) is 1.76. The van der Waals surface area contributed by atoms with Crippen LogP contribution in [0.2, 0.25) is 0 Å². The number of rotatable bonds is 1. The highest BCUT2D eigenvalue weighted by Gasteiger charge is 2.01. The Balaban J connectivity index is 2.92. The molecule has 0 atom stereocenters. The Hall–Kier alpha value is -0.370. The molecule has 8 heavy (non-hydrogen) atoms. The minimum atomic E-state index is 1.15. The zero-order valence-corrected chi connectivity index (χ0v) is 6.03. The Morgan fingerprint density at radius 1 is 1.75 bits per heavy atom. The summed E-state index contributed by atoms with van der Waals surface area (Å²) in [6.07, 6.45) is 3.23. The van der Waals surface area contributed by atoms with Gasteiger partial charge in [-0.15, -0.1) is 0 Å². The van der Waals surface area contributed by atoms with E-state index < -0.39 is 0 Å². The van der Waals surface area contributed by atoms with Crippen molar-refractivity contribution in [2.24, 2.45) is 7.05 Å². The first-order valence-corrected chi connectivity index (χ1v) is 3.64. The lowest BCUT2D eigenvalue weighted by Crippen LogP contribution is -2.28. The number of hydrogen-bond donors (Lipinski definition) is 0. The lowest BCUT2D eigenvalue weighted by atomic mass is 10.5. The van der Waals surface area contributed by atoms with E-state index >= 15 is 0 Å². The van der Waals surface area contributed by atoms with Gasteiger partial charge in [0.15, 0.2) is 6.20 Å². The smallest absolute Gasteiger partial charge is 0.196 e. The normalized spacial score (nSPS) is 9.75. The molecule has 1 aromatic heterocycles. The first-order valence-electron chi connectivity index (χ1n) is 2.76. The average Bonchev–Trinajstić information content (AvgIpc) is 2.14. The van der Waals surface area contributed by atoms with Crippen LogP contribution in [0.25, 0.3) is 0 Å². The summed E-state index contributed by atoms with van der Waals surface area (Å²) < 4.78 is 2.16. The summed E-state index contributed by atoms with van der Waals surface area (Å²) in [4.78, 5) is 0. The molecule has 1 nitrogen and oxygen atoms in total. The molecule has 0 fully saturated rings. The third-order valence-corrected chi connectivity index (χ3v) is 2.29. The van der Waals surface area contributed by atoms with Gasteiger partial charge in [0.1, 0.15) is 7.05 Å². The summed E-state index contributed by atoms with van der Waals surface area (Å²) in [7, 11) is 2.08. The Bertz CT molecular complexity index is 169. The van der Waals surface area contributed by atoms with Crippen LogP contribution in [-0.2, 0) is 13.5 Å². The van der Waals surface area contributed by atoms with Crippen LogP contribution in [0.4, 0.5) is 0 Å². The molecule has 0 aliphatic heterocycles. The molecule has 0 aliphatic rings. The largest absolute Gasteiger partial charge is 0.236 e. The van der Waals surface area contributed by atoms with E-state index in [0.29, 0.717) is 0 Å². The van der Waals surface area contributed by atoms with Gasteiger partial charge >= 0.3 is 0 Å². The lowest BCUT2D eigenvalue weighted by Gasteiger charge is -1.81. The number of thiazole rings is 1. The van der Waals surface area contributed by atoms with Crippen LogP contribution in [0.3, 0.4) is 0 Å². The van der Waals surface area contributed by atoms with Gasteiger partial charge in [-0.25, -0.2) is 0 Å². The van der Waals surface area contributed by atoms with Crippen LogP contribution >= 0.6 is 11.3 Å². The predicted octanol–water partition coefficient (Wildman–Crippen LogP) is 1.14. The van der Waals surface area contributed by atoms with Crippen LogP contribution in [0, 0.1) is 0 Å². The van der Waals surface area contributed by atoms with Gasteiger partial charge < -0.3 is 0 Å². The summed E-state index contributed by atoms with van der Waals surface area (Å²) in [6.45, 7) is 2.17. The summed E-state index contributed by atoms with van der Waals surface area (Å²) in [5, 5.41) is 3.55. The van der Waals surface area contributed by atoms with Crippen molar-refractivity contribution in [3.8, 4) is 0 Å². The van der Waals surface area contributed by atoms with Crippen molar-refractivity contribution in [3.05, 3.63) is 16.6 Å². The highest BCUT2D eigenvalue weighted by atomic mass is 32.1. The maximum Gasteiger partial charge on any atom is 0.236 e. The van der Waals surface area contributed by atoms with Crippen LogP contribution in [0.1, 0.15) is 11.9 Å². The van der Waals surface area contributed by atoms with Crippen LogP contribution in [0.5, 0.6) is 0 Å². The summed E-state index contributed by atoms with van der Waals surface area (Å²) in [5.74, 6) is 0. The van der Waals surface area contributed by atoms with Crippen molar-refractivity contribution in [2.45, 2.75) is 13.3 Å². The van der Waals surface area contributed by atoms with Crippen molar-refractivity contribution in [1.29, 1.82) is 0 Å². The maximum absolute atomic E-state index is 2.17. The zero-order chi connectivity index (χ0) is 5.98. The highest BCUT2D eigenvalue weighted by molar-refractivity contribution is 7.09. The van der Waals surface area contributed by atoms with Crippen LogP contribution in [-0.4, -0.2) is 0 Å². The van der Waals surface area contributed by atoms with Crippen molar-refractivity contribution in [2.75, 3.05) is 0 Å². The molecule has 0 amide bonds. The molecule has 0 spiro atoms. The standard InChI is InChI=1S/C6H10NS/c1-3-6-7(2)4-5-8-6/h4-5H,3H2,1-2H3/q+1. The van der Waals surface area contributed by atoms with E-state index in [1.54, 1.807) is 0 Å². The van der Waals surface area contributed by atoms with E-state index in [0.717, 1.165) is 6.42 Å². The quantitative estimate of drug-likeness (QED) is 0.499. The number of hydrogen-bond acceptors (Lipinski definition) is 1. The Morgan fingerprint density at radius 2 is 2.50 bits per heavy atom. The van der Waals surface area contributed by atoms with Crippen molar-refractivity contribution in [1.82, 2.24) is 0 Å². The number of aromatic nitrogens is 1. The molecule has 44 valence electrons. The van der Waals surface area contributed by atoms with Gasteiger partial charge in [-0.05, 0) is 0 Å². The fraction of sp³-hybridized carbons (Fsp3) is 0.500. The lowest BCUT2D eigenvalue weighted by molar-refractivity contribution is -0.673. The van der Waals surface area contributed by atoms with Gasteiger partial charge in [0, 0.05) is 6.42 Å². The predicted molar refractivity (Wildman–Crippen MR) is 34.9 cm³/mol. The molecule has 0 aromatic carbocycles. The molecule has 1 rings (SSSR count). The summed E-state index contributed by atoms with van der Waals surface area (Å²) in [5.41, 5.74) is 0. The van der Waals surface area contributed by atoms with Crippen LogP contribution < -0.4 is 4.57 Å². The fourth-order valence-corrected chi connectivity index (χ4v) is 1.49. The molecule has 0 aliphatic carbocycles. The average molecular weight is 128 g/mol. The first-order chi connectivity index (χ1) is 3.84. The highest BCUT2D eigenvalue weighted by Crippen LogP contribution is 2.00. The zero-order valence-electron chi connectivity index (χ0n) is 5.22. The molecule has 0 N–H and O–H groups in total. The maximum atomic E-state index is 2.17. The van der Waals surface area contributed by atoms with Crippen LogP contribution in [0.15, 0.2) is 11.6 Å². The molecule has 0 bridgehead atoms. The summed E-state index contributed by atoms with van der Waals surface area (Å²) >= 11 is 1.81. The molecule has 2 heteroatoms. The molecule has 0 saturated heterocycles. The Kier molecular flexibility index (Phi) is 1.63. The molecule has 1 aromatic rings. The van der Waals surface area contributed by atoms with E-state index in [2.05, 4.69) is 30.1 Å². The van der Waals surface area contributed by atoms with Crippen molar-refractivity contribution < 1.29 is 4.57 Å². The van der Waals surface area contributed by atoms with Gasteiger partial charge in [0.25, 0.3) is 0 Å². The minimum absolute atomic E-state index is 1.15. The number of aryl methyl sites for hydroxylation is 2. The van der Waals surface area contributed by atoms with Gasteiger partial charge in [-0.3, -0.25) is 0 Å². The van der Waals surface area contributed by atoms with Gasteiger partial charge in [0.2, 0.25) is 5.01 Å². The molecule has 1 heterocycles. The molecule has 0 unspecified atom stereocenters. The molecule has 0 radical (unpaired) electrons. The first kappa shape index (κ1) is 5.76. The third kappa shape index (κ3) is 0.892. The van der Waals surface area contributed by atoms with E-state index in [1.165, 1.54) is 5.01 Å². The molecular weight excluding hydrogens is 118 g/mol. The van der Waals surface area contributed by atoms with Crippen molar-refractivity contribution >= 4 is 11.3 Å². The fourth-order valence-electron chi connectivity index (χ4n) is 0.699. The topological polar surface area (TPSA) is 3.88 Å². The monoisotopic (exact) mass is 128 g/mol. The van der Waals surface area contributed by atoms with Crippen molar-refractivity contribution in [3.63, 3.8) is 0 Å². The Morgan fingerprint density at radius 3 is 2.75 bits per heavy atom. The summed E-state index contributed by atoms with van der Waals surface area (Å²) in [6, 6.07) is 0. The van der Waals surface area contributed by atoms with Gasteiger partial charge in [-0.1, -0.05) is 18.3 Å². The van der Waals surface area contributed by atoms with E-state index in [-0.39, 0.29) is 0 Å². The second-order valence-corrected chi connectivity index (χ2v) is 2.74. The van der Waals surface area contributed by atoms with Gasteiger partial charge in [-0.2, -0.15) is 4.57 Å². The molecular formula is C6H10NS+. The number of nitrogens with zero attached hydrogens (tertiary/aromatic N) is 1. The third-order valence-electron chi connectivity index (χ3n) is 1.18. The SMILES string of the molecule is CCc1scc[n+]1C. The Labute approximate surface area is 53.6 Å². The van der Waals surface area contributed by atoms with E-state index in [4.69, 9.17) is 0 Å². The van der Waals surface area contributed by atoms with E-state index in [1.807, 2.05) is 11.3 Å². The minimum Gasteiger partial charge on any atom is -0.196 e. The van der Waals surface area contributed by atoms with E-state index in [9.17, 15) is 0 Å². The van der Waals surface area contributed by atoms with Gasteiger partial charge in [0.05, 0.1) is 5.38 Å².